The number of alkyl halides is 1. The highest BCUT2D eigenvalue weighted by Crippen LogP contribution is 2.24. The van der Waals surface area contributed by atoms with Gasteiger partial charge in [0.25, 0.3) is 5.69 Å². The molecule has 0 saturated heterocycles. The number of carbonyl (C=O) groups excluding carboxylic acids is 1. The third-order valence-corrected chi connectivity index (χ3v) is 2.25. The Labute approximate surface area is 92.0 Å². The maximum Gasteiger partial charge on any atom is 0.280 e. The molecule has 0 saturated carbocycles. The van der Waals surface area contributed by atoms with Crippen LogP contribution >= 0.6 is 11.6 Å². The smallest absolute Gasteiger partial charge is 0.280 e. The summed E-state index contributed by atoms with van der Waals surface area (Å²) in [7, 11) is 0. The van der Waals surface area contributed by atoms with Crippen molar-refractivity contribution in [3.63, 3.8) is 0 Å². The Hall–Kier alpha value is -1.42. The van der Waals surface area contributed by atoms with E-state index in [1.54, 1.807) is 19.1 Å². The molecule has 4 nitrogen and oxygen atoms in total. The van der Waals surface area contributed by atoms with E-state index in [9.17, 15) is 14.9 Å². The zero-order chi connectivity index (χ0) is 11.6. The number of hydrogen-bond acceptors (Lipinski definition) is 3. The van der Waals surface area contributed by atoms with Crippen LogP contribution in [-0.2, 0) is 0 Å². The van der Waals surface area contributed by atoms with Gasteiger partial charge in [0.1, 0.15) is 0 Å². The Kier molecular flexibility index (Phi) is 3.42. The number of Topliss-reactive ketones (excluding diaryl/α,β-unsaturated/α-hetero) is 1. The van der Waals surface area contributed by atoms with Crippen LogP contribution in [0.25, 0.3) is 0 Å². The normalized spacial score (nSPS) is 12.2. The first-order valence-corrected chi connectivity index (χ1v) is 4.81. The molecule has 0 radical (unpaired) electrons. The molecular formula is C10H10ClNO3. The van der Waals surface area contributed by atoms with Crippen LogP contribution in [0.15, 0.2) is 18.2 Å². The second kappa shape index (κ2) is 4.40. The van der Waals surface area contributed by atoms with Gasteiger partial charge < -0.3 is 0 Å². The second-order valence-electron chi connectivity index (χ2n) is 3.21. The molecule has 1 rings (SSSR count). The van der Waals surface area contributed by atoms with Crippen LogP contribution in [-0.4, -0.2) is 16.1 Å². The Balaban J connectivity index is 3.37. The number of benzene rings is 1. The van der Waals surface area contributed by atoms with E-state index in [-0.39, 0.29) is 11.3 Å². The molecule has 1 aromatic rings. The van der Waals surface area contributed by atoms with Gasteiger partial charge in [0, 0.05) is 6.07 Å². The standard InChI is InChI=1S/C10H10ClNO3/c1-6-4-3-5-8(12(14)15)9(6)10(13)7(2)11/h3-5,7H,1-2H3. The Bertz CT molecular complexity index is 415. The van der Waals surface area contributed by atoms with Crippen molar-refractivity contribution in [1.29, 1.82) is 0 Å². The number of nitro benzene ring substituents is 1. The number of rotatable bonds is 3. The van der Waals surface area contributed by atoms with Crippen molar-refractivity contribution in [2.24, 2.45) is 0 Å². The van der Waals surface area contributed by atoms with E-state index in [4.69, 9.17) is 11.6 Å². The largest absolute Gasteiger partial charge is 0.292 e. The first-order valence-electron chi connectivity index (χ1n) is 4.37. The quantitative estimate of drug-likeness (QED) is 0.345. The number of ketones is 1. The van der Waals surface area contributed by atoms with Crippen molar-refractivity contribution in [1.82, 2.24) is 0 Å². The van der Waals surface area contributed by atoms with Gasteiger partial charge in [0.05, 0.1) is 15.9 Å². The molecule has 0 amide bonds. The monoisotopic (exact) mass is 227 g/mol. The van der Waals surface area contributed by atoms with E-state index >= 15 is 0 Å². The molecule has 1 atom stereocenters. The number of carbonyl (C=O) groups is 1. The minimum atomic E-state index is -0.759. The third kappa shape index (κ3) is 2.33. The summed E-state index contributed by atoms with van der Waals surface area (Å²) in [6, 6.07) is 4.50. The Morgan fingerprint density at radius 3 is 2.60 bits per heavy atom. The van der Waals surface area contributed by atoms with Crippen molar-refractivity contribution in [2.45, 2.75) is 19.2 Å². The minimum Gasteiger partial charge on any atom is -0.292 e. The number of halogens is 1. The Morgan fingerprint density at radius 1 is 1.53 bits per heavy atom. The van der Waals surface area contributed by atoms with E-state index < -0.39 is 16.1 Å². The van der Waals surface area contributed by atoms with Crippen LogP contribution in [0.1, 0.15) is 22.8 Å². The number of nitro groups is 1. The number of aryl methyl sites for hydroxylation is 1. The van der Waals surface area contributed by atoms with Crippen LogP contribution in [0, 0.1) is 17.0 Å². The Morgan fingerprint density at radius 2 is 2.13 bits per heavy atom. The fourth-order valence-electron chi connectivity index (χ4n) is 1.32. The van der Waals surface area contributed by atoms with Crippen LogP contribution in [0.5, 0.6) is 0 Å². The summed E-state index contributed by atoms with van der Waals surface area (Å²) in [4.78, 5) is 21.8. The average Bonchev–Trinajstić information content (AvgIpc) is 2.16. The highest BCUT2D eigenvalue weighted by Gasteiger charge is 2.24. The van der Waals surface area contributed by atoms with Gasteiger partial charge in [0.2, 0.25) is 0 Å². The van der Waals surface area contributed by atoms with E-state index in [0.717, 1.165) is 0 Å². The lowest BCUT2D eigenvalue weighted by atomic mass is 10.0. The van der Waals surface area contributed by atoms with Crippen LogP contribution < -0.4 is 0 Å². The van der Waals surface area contributed by atoms with Gasteiger partial charge in [-0.05, 0) is 19.4 Å². The van der Waals surface area contributed by atoms with Crippen molar-refractivity contribution in [3.8, 4) is 0 Å². The predicted molar refractivity (Wildman–Crippen MR) is 57.5 cm³/mol. The molecule has 0 heterocycles. The first-order chi connectivity index (χ1) is 6.95. The molecule has 0 bridgehead atoms. The van der Waals surface area contributed by atoms with Gasteiger partial charge in [0.15, 0.2) is 5.78 Å². The molecule has 0 aromatic heterocycles. The maximum absolute atomic E-state index is 11.7. The van der Waals surface area contributed by atoms with Crippen molar-refractivity contribution in [2.75, 3.05) is 0 Å². The summed E-state index contributed by atoms with van der Waals surface area (Å²) in [5.41, 5.74) is 0.485. The predicted octanol–water partition coefficient (Wildman–Crippen LogP) is 2.71. The zero-order valence-electron chi connectivity index (χ0n) is 8.36. The number of nitrogens with zero attached hydrogens (tertiary/aromatic N) is 1. The first kappa shape index (κ1) is 11.7. The molecule has 5 heteroatoms. The molecule has 0 aliphatic rings. The topological polar surface area (TPSA) is 60.2 Å². The minimum absolute atomic E-state index is 0.102. The van der Waals surface area contributed by atoms with E-state index in [0.29, 0.717) is 5.56 Å². The summed E-state index contributed by atoms with van der Waals surface area (Å²) in [6.45, 7) is 3.15. The summed E-state index contributed by atoms with van der Waals surface area (Å²) in [6.07, 6.45) is 0. The summed E-state index contributed by atoms with van der Waals surface area (Å²) < 4.78 is 0. The van der Waals surface area contributed by atoms with Gasteiger partial charge >= 0.3 is 0 Å². The molecule has 0 fully saturated rings. The van der Waals surface area contributed by atoms with E-state index in [1.807, 2.05) is 0 Å². The van der Waals surface area contributed by atoms with Crippen LogP contribution in [0.3, 0.4) is 0 Å². The lowest BCUT2D eigenvalue weighted by molar-refractivity contribution is -0.385. The van der Waals surface area contributed by atoms with Gasteiger partial charge in [-0.15, -0.1) is 11.6 Å². The zero-order valence-corrected chi connectivity index (χ0v) is 9.12. The van der Waals surface area contributed by atoms with Gasteiger partial charge in [-0.2, -0.15) is 0 Å². The number of hydrogen-bond donors (Lipinski definition) is 0. The molecule has 0 N–H and O–H groups in total. The summed E-state index contributed by atoms with van der Waals surface area (Å²) >= 11 is 5.64. The van der Waals surface area contributed by atoms with Crippen LogP contribution in [0.4, 0.5) is 5.69 Å². The third-order valence-electron chi connectivity index (χ3n) is 2.06. The highest BCUT2D eigenvalue weighted by molar-refractivity contribution is 6.34. The molecule has 0 spiro atoms. The maximum atomic E-state index is 11.7. The van der Waals surface area contributed by atoms with Crippen molar-refractivity contribution < 1.29 is 9.72 Å². The molecule has 80 valence electrons. The van der Waals surface area contributed by atoms with Crippen molar-refractivity contribution in [3.05, 3.63) is 39.4 Å². The summed E-state index contributed by atoms with van der Waals surface area (Å²) in [5.74, 6) is -0.415. The lowest BCUT2D eigenvalue weighted by Crippen LogP contribution is -2.14. The van der Waals surface area contributed by atoms with Crippen molar-refractivity contribution >= 4 is 23.1 Å². The molecular weight excluding hydrogens is 218 g/mol. The van der Waals surface area contributed by atoms with E-state index in [1.165, 1.54) is 13.0 Å². The molecule has 1 unspecified atom stereocenters. The molecule has 0 aliphatic carbocycles. The van der Waals surface area contributed by atoms with Gasteiger partial charge in [-0.1, -0.05) is 12.1 Å². The molecule has 1 aromatic carbocycles. The van der Waals surface area contributed by atoms with E-state index in [2.05, 4.69) is 0 Å². The second-order valence-corrected chi connectivity index (χ2v) is 3.86. The molecule has 0 aliphatic heterocycles. The lowest BCUT2D eigenvalue weighted by Gasteiger charge is -2.06. The fourth-order valence-corrected chi connectivity index (χ4v) is 1.43. The molecule has 15 heavy (non-hydrogen) atoms. The van der Waals surface area contributed by atoms with Crippen LogP contribution in [0.2, 0.25) is 0 Å². The average molecular weight is 228 g/mol. The fraction of sp³-hybridized carbons (Fsp3) is 0.300. The van der Waals surface area contributed by atoms with Gasteiger partial charge in [-0.25, -0.2) is 0 Å². The summed E-state index contributed by atoms with van der Waals surface area (Å²) in [5, 5.41) is 9.95. The van der Waals surface area contributed by atoms with Gasteiger partial charge in [-0.3, -0.25) is 14.9 Å². The highest BCUT2D eigenvalue weighted by atomic mass is 35.5. The SMILES string of the molecule is Cc1cccc([N+](=O)[O-])c1C(=O)C(C)Cl.